The van der Waals surface area contributed by atoms with Crippen LogP contribution in [0.15, 0.2) is 72.9 Å². The molecule has 0 aromatic heterocycles. The molecule has 0 aliphatic rings. The summed E-state index contributed by atoms with van der Waals surface area (Å²) in [7, 11) is 1.50. The Morgan fingerprint density at radius 2 is 0.711 bits per heavy atom. The Labute approximate surface area is 559 Å². The number of quaternary nitrogens is 1. The van der Waals surface area contributed by atoms with Gasteiger partial charge >= 0.3 is 13.8 Å². The molecule has 0 bridgehead atoms. The van der Waals surface area contributed by atoms with E-state index in [9.17, 15) is 19.0 Å². The van der Waals surface area contributed by atoms with E-state index in [-0.39, 0.29) is 31.5 Å². The zero-order chi connectivity index (χ0) is 65.6. The molecule has 1 amide bonds. The van der Waals surface area contributed by atoms with Gasteiger partial charge in [-0.05, 0) is 76.7 Å². The SMILES string of the molecule is CC/C=C\C/C=C\C/C=C\C/C=C\C/C=C\CCCCCCCCCCCC(=O)OC(/C=C/CCCCCCCCCCCC)C(COP(=O)(O)OCC[N+](C)(C)C)NC(=O)CCCCCCCCCCCCCCCCCCCCCCCCCCCCC. The van der Waals surface area contributed by atoms with Gasteiger partial charge in [-0.2, -0.15) is 0 Å². The maximum absolute atomic E-state index is 13.7. The van der Waals surface area contributed by atoms with Gasteiger partial charge in [-0.3, -0.25) is 18.6 Å². The first-order valence-electron chi connectivity index (χ1n) is 38.8. The van der Waals surface area contributed by atoms with Crippen LogP contribution in [0.25, 0.3) is 0 Å². The van der Waals surface area contributed by atoms with Gasteiger partial charge in [0.15, 0.2) is 0 Å². The number of nitrogens with zero attached hydrogens (tertiary/aromatic N) is 1. The molecule has 0 aliphatic carbocycles. The molecule has 0 aromatic carbocycles. The number of phosphoric acid groups is 1. The molecule has 0 spiro atoms. The molecule has 0 fully saturated rings. The fourth-order valence-corrected chi connectivity index (χ4v) is 12.2. The van der Waals surface area contributed by atoms with E-state index in [0.29, 0.717) is 17.4 Å². The van der Waals surface area contributed by atoms with Crippen LogP contribution in [-0.4, -0.2) is 74.3 Å². The Balaban J connectivity index is 4.95. The third-order valence-corrected chi connectivity index (χ3v) is 18.4. The fraction of sp³-hybridized carbons (Fsp3) is 0.825. The molecular formula is C80H150N2O7P+. The van der Waals surface area contributed by atoms with E-state index in [1.807, 2.05) is 33.3 Å². The largest absolute Gasteiger partial charge is 0.472 e. The summed E-state index contributed by atoms with van der Waals surface area (Å²) < 4.78 is 30.9. The van der Waals surface area contributed by atoms with Gasteiger partial charge in [-0.15, -0.1) is 0 Å². The van der Waals surface area contributed by atoms with Crippen molar-refractivity contribution in [3.63, 3.8) is 0 Å². The predicted molar refractivity (Wildman–Crippen MR) is 392 cm³/mol. The van der Waals surface area contributed by atoms with Crippen molar-refractivity contribution in [3.8, 4) is 0 Å². The Bertz CT molecular complexity index is 1770. The number of carbonyl (C=O) groups is 2. The van der Waals surface area contributed by atoms with Crippen molar-refractivity contribution in [2.24, 2.45) is 0 Å². The minimum absolute atomic E-state index is 0.0392. The first-order valence-corrected chi connectivity index (χ1v) is 40.3. The second-order valence-electron chi connectivity index (χ2n) is 27.5. The van der Waals surface area contributed by atoms with Crippen LogP contribution in [0.3, 0.4) is 0 Å². The van der Waals surface area contributed by atoms with Crippen molar-refractivity contribution >= 4 is 19.7 Å². The van der Waals surface area contributed by atoms with E-state index < -0.39 is 20.0 Å². The van der Waals surface area contributed by atoms with E-state index in [1.165, 1.54) is 238 Å². The number of likely N-dealkylation sites (N-methyl/N-ethyl adjacent to an activating group) is 1. The second kappa shape index (κ2) is 69.3. The topological polar surface area (TPSA) is 111 Å². The highest BCUT2D eigenvalue weighted by molar-refractivity contribution is 7.47. The number of hydrogen-bond acceptors (Lipinski definition) is 6. The lowest BCUT2D eigenvalue weighted by Crippen LogP contribution is -2.47. The number of phosphoric ester groups is 1. The average Bonchev–Trinajstić information content (AvgIpc) is 3.11. The standard InChI is InChI=1S/C80H149N2O7P/c1-7-10-13-16-19-22-25-28-30-32-34-36-38-40-41-43-44-46-48-50-52-54-57-60-63-66-69-72-79(83)81-77(76-88-90(85,86)87-75-74-82(4,5)6)78(71-68-65-62-59-56-27-24-21-18-15-12-9-3)89-80(84)73-70-67-64-61-58-55-53-51-49-47-45-42-39-37-35-33-31-29-26-23-20-17-14-11-8-2/h11,14,20,23,29,31,35,37,42,45,68,71,77-78H,7-10,12-13,15-19,21-22,24-28,30,32-34,36,38-41,43-44,46-67,69-70,72-76H2,1-6H3,(H-,81,83,85,86)/p+1/b14-11-,23-20-,31-29-,37-35-,45-42-,71-68+. The smallest absolute Gasteiger partial charge is 0.456 e. The van der Waals surface area contributed by atoms with Crippen molar-refractivity contribution in [3.05, 3.63) is 72.9 Å². The number of unbranched alkanes of at least 4 members (excludes halogenated alkanes) is 45. The average molecular weight is 1280 g/mol. The Morgan fingerprint density at radius 1 is 0.400 bits per heavy atom. The number of rotatable bonds is 71. The third kappa shape index (κ3) is 69.8. The molecule has 3 unspecified atom stereocenters. The number of ether oxygens (including phenoxy) is 1. The van der Waals surface area contributed by atoms with Gasteiger partial charge < -0.3 is 19.4 Å². The molecule has 0 saturated heterocycles. The third-order valence-electron chi connectivity index (χ3n) is 17.4. The van der Waals surface area contributed by atoms with E-state index in [0.717, 1.165) is 103 Å². The summed E-state index contributed by atoms with van der Waals surface area (Å²) in [6.07, 6.45) is 92.2. The van der Waals surface area contributed by atoms with Crippen LogP contribution in [0, 0.1) is 0 Å². The molecule has 526 valence electrons. The number of nitrogens with one attached hydrogen (secondary N) is 1. The van der Waals surface area contributed by atoms with E-state index in [2.05, 4.69) is 86.8 Å². The quantitative estimate of drug-likeness (QED) is 0.0205. The molecule has 0 heterocycles. The molecular weight excluding hydrogens is 1130 g/mol. The molecule has 9 nitrogen and oxygen atoms in total. The Morgan fingerprint density at radius 3 is 1.07 bits per heavy atom. The van der Waals surface area contributed by atoms with Crippen molar-refractivity contribution in [2.75, 3.05) is 40.9 Å². The maximum atomic E-state index is 13.7. The van der Waals surface area contributed by atoms with Crippen LogP contribution >= 0.6 is 7.82 Å². The van der Waals surface area contributed by atoms with E-state index in [1.54, 1.807) is 0 Å². The summed E-state index contributed by atoms with van der Waals surface area (Å²) in [5, 5.41) is 3.08. The minimum atomic E-state index is -4.46. The molecule has 90 heavy (non-hydrogen) atoms. The van der Waals surface area contributed by atoms with Crippen molar-refractivity contribution in [1.29, 1.82) is 0 Å². The lowest BCUT2D eigenvalue weighted by molar-refractivity contribution is -0.870. The lowest BCUT2D eigenvalue weighted by atomic mass is 10.0. The van der Waals surface area contributed by atoms with Crippen molar-refractivity contribution < 1.29 is 37.3 Å². The predicted octanol–water partition coefficient (Wildman–Crippen LogP) is 25.1. The number of esters is 1. The molecule has 3 atom stereocenters. The number of hydrogen-bond donors (Lipinski definition) is 2. The van der Waals surface area contributed by atoms with Gasteiger partial charge in [0.25, 0.3) is 0 Å². The zero-order valence-corrected chi connectivity index (χ0v) is 61.3. The number of carbonyl (C=O) groups excluding carboxylic acids is 2. The maximum Gasteiger partial charge on any atom is 0.472 e. The number of amides is 1. The zero-order valence-electron chi connectivity index (χ0n) is 60.4. The van der Waals surface area contributed by atoms with Gasteiger partial charge in [-0.1, -0.05) is 357 Å². The van der Waals surface area contributed by atoms with Crippen LogP contribution < -0.4 is 5.32 Å². The first-order chi connectivity index (χ1) is 43.9. The highest BCUT2D eigenvalue weighted by atomic mass is 31.2. The summed E-state index contributed by atoms with van der Waals surface area (Å²) >= 11 is 0. The van der Waals surface area contributed by atoms with E-state index in [4.69, 9.17) is 13.8 Å². The molecule has 2 N–H and O–H groups in total. The van der Waals surface area contributed by atoms with E-state index >= 15 is 0 Å². The summed E-state index contributed by atoms with van der Waals surface area (Å²) in [4.78, 5) is 38.0. The van der Waals surface area contributed by atoms with Crippen molar-refractivity contribution in [2.45, 2.75) is 386 Å². The highest BCUT2D eigenvalue weighted by Crippen LogP contribution is 2.43. The first kappa shape index (κ1) is 87.5. The monoisotopic (exact) mass is 1280 g/mol. The molecule has 0 aromatic rings. The van der Waals surface area contributed by atoms with Gasteiger partial charge in [-0.25, -0.2) is 4.57 Å². The Kier molecular flexibility index (Phi) is 67.3. The highest BCUT2D eigenvalue weighted by Gasteiger charge is 2.30. The summed E-state index contributed by atoms with van der Waals surface area (Å²) in [5.41, 5.74) is 0. The molecule has 0 aliphatic heterocycles. The van der Waals surface area contributed by atoms with Gasteiger partial charge in [0, 0.05) is 12.8 Å². The fourth-order valence-electron chi connectivity index (χ4n) is 11.5. The minimum Gasteiger partial charge on any atom is -0.456 e. The van der Waals surface area contributed by atoms with Gasteiger partial charge in [0.2, 0.25) is 5.91 Å². The van der Waals surface area contributed by atoms with Crippen LogP contribution in [0.1, 0.15) is 374 Å². The summed E-state index contributed by atoms with van der Waals surface area (Å²) in [6.45, 7) is 6.95. The second-order valence-corrected chi connectivity index (χ2v) is 29.0. The van der Waals surface area contributed by atoms with Crippen LogP contribution in [0.4, 0.5) is 0 Å². The van der Waals surface area contributed by atoms with Crippen LogP contribution in [-0.2, 0) is 27.9 Å². The van der Waals surface area contributed by atoms with Crippen LogP contribution in [0.2, 0.25) is 0 Å². The molecule has 0 rings (SSSR count). The lowest BCUT2D eigenvalue weighted by Gasteiger charge is -2.27. The van der Waals surface area contributed by atoms with Crippen molar-refractivity contribution in [1.82, 2.24) is 5.32 Å². The normalized spacial score (nSPS) is 13.8. The van der Waals surface area contributed by atoms with Crippen LogP contribution in [0.5, 0.6) is 0 Å². The van der Waals surface area contributed by atoms with Gasteiger partial charge in [0.05, 0.1) is 33.8 Å². The van der Waals surface area contributed by atoms with Gasteiger partial charge in [0.1, 0.15) is 19.3 Å². The summed E-state index contributed by atoms with van der Waals surface area (Å²) in [6, 6.07) is -0.853. The summed E-state index contributed by atoms with van der Waals surface area (Å²) in [5.74, 6) is -0.497. The molecule has 10 heteroatoms. The number of allylic oxidation sites excluding steroid dienone is 11. The molecule has 0 saturated carbocycles. The molecule has 0 radical (unpaired) electrons. The Hall–Kier alpha value is -2.55.